The van der Waals surface area contributed by atoms with Crippen molar-refractivity contribution in [2.24, 2.45) is 0 Å². The van der Waals surface area contributed by atoms with Crippen LogP contribution >= 0.6 is 11.8 Å². The molecule has 0 saturated carbocycles. The largest absolute Gasteiger partial charge is 0.490 e. The molecule has 2 aromatic rings. The third kappa shape index (κ3) is 2.46. The minimum absolute atomic E-state index is 0.0695. The molecular formula is C17H16O2S. The van der Waals surface area contributed by atoms with E-state index in [0.29, 0.717) is 0 Å². The third-order valence-corrected chi connectivity index (χ3v) is 4.25. The van der Waals surface area contributed by atoms with Crippen LogP contribution in [0.2, 0.25) is 0 Å². The van der Waals surface area contributed by atoms with E-state index in [4.69, 9.17) is 4.74 Å². The minimum atomic E-state index is 0.0695. The van der Waals surface area contributed by atoms with E-state index in [-0.39, 0.29) is 11.9 Å². The van der Waals surface area contributed by atoms with Gasteiger partial charge < -0.3 is 4.74 Å². The van der Waals surface area contributed by atoms with Crippen molar-refractivity contribution in [1.29, 1.82) is 0 Å². The molecule has 0 fully saturated rings. The summed E-state index contributed by atoms with van der Waals surface area (Å²) in [7, 11) is 0. The van der Waals surface area contributed by atoms with Crippen molar-refractivity contribution in [3.05, 3.63) is 59.2 Å². The average Bonchev–Trinajstić information content (AvgIpc) is 2.85. The van der Waals surface area contributed by atoms with Crippen molar-refractivity contribution in [1.82, 2.24) is 0 Å². The lowest BCUT2D eigenvalue weighted by atomic mass is 10.00. The Balaban J connectivity index is 1.89. The molecule has 0 N–H and O–H groups in total. The Morgan fingerprint density at radius 3 is 2.55 bits per heavy atom. The highest BCUT2D eigenvalue weighted by Crippen LogP contribution is 2.30. The van der Waals surface area contributed by atoms with Crippen LogP contribution in [0, 0.1) is 0 Å². The fourth-order valence-corrected chi connectivity index (χ4v) is 2.88. The molecule has 0 aliphatic carbocycles. The first-order chi connectivity index (χ1) is 9.67. The van der Waals surface area contributed by atoms with Gasteiger partial charge >= 0.3 is 0 Å². The molecule has 0 bridgehead atoms. The molecule has 2 aromatic carbocycles. The molecule has 1 heterocycles. The van der Waals surface area contributed by atoms with Gasteiger partial charge in [-0.1, -0.05) is 0 Å². The first kappa shape index (κ1) is 13.3. The SMILES string of the molecule is CSc1ccc(C(=O)c2ccc3c(c2)CC(C)O3)cc1. The first-order valence-corrected chi connectivity index (χ1v) is 7.88. The standard InChI is InChI=1S/C17H16O2S/c1-11-9-14-10-13(5-8-16(14)19-11)17(18)12-3-6-15(20-2)7-4-12/h3-8,10-11H,9H2,1-2H3. The van der Waals surface area contributed by atoms with Gasteiger partial charge in [0.15, 0.2) is 5.78 Å². The predicted molar refractivity (Wildman–Crippen MR) is 81.9 cm³/mol. The fourth-order valence-electron chi connectivity index (χ4n) is 2.47. The molecule has 0 radical (unpaired) electrons. The van der Waals surface area contributed by atoms with Crippen molar-refractivity contribution in [2.45, 2.75) is 24.3 Å². The maximum atomic E-state index is 12.5. The first-order valence-electron chi connectivity index (χ1n) is 6.65. The number of ether oxygens (including phenoxy) is 1. The summed E-state index contributed by atoms with van der Waals surface area (Å²) in [4.78, 5) is 13.6. The zero-order valence-corrected chi connectivity index (χ0v) is 12.4. The number of thioether (sulfide) groups is 1. The van der Waals surface area contributed by atoms with Crippen LogP contribution in [0.5, 0.6) is 5.75 Å². The molecule has 102 valence electrons. The van der Waals surface area contributed by atoms with Crippen molar-refractivity contribution in [2.75, 3.05) is 6.26 Å². The van der Waals surface area contributed by atoms with Crippen LogP contribution in [0.3, 0.4) is 0 Å². The van der Waals surface area contributed by atoms with Crippen LogP contribution in [0.15, 0.2) is 47.4 Å². The Morgan fingerprint density at radius 1 is 1.15 bits per heavy atom. The number of carbonyl (C=O) groups excluding carboxylic acids is 1. The van der Waals surface area contributed by atoms with E-state index < -0.39 is 0 Å². The lowest BCUT2D eigenvalue weighted by Gasteiger charge is -2.05. The molecule has 1 aliphatic rings. The number of ketones is 1. The van der Waals surface area contributed by atoms with Crippen LogP contribution in [-0.4, -0.2) is 18.1 Å². The van der Waals surface area contributed by atoms with Gasteiger partial charge in [-0.3, -0.25) is 4.79 Å². The summed E-state index contributed by atoms with van der Waals surface area (Å²) >= 11 is 1.67. The lowest BCUT2D eigenvalue weighted by molar-refractivity contribution is 0.103. The number of hydrogen-bond donors (Lipinski definition) is 0. The van der Waals surface area contributed by atoms with Gasteiger partial charge in [-0.05, 0) is 61.2 Å². The summed E-state index contributed by atoms with van der Waals surface area (Å²) in [6, 6.07) is 13.5. The number of hydrogen-bond acceptors (Lipinski definition) is 3. The Labute approximate surface area is 123 Å². The van der Waals surface area contributed by atoms with E-state index in [0.717, 1.165) is 33.8 Å². The summed E-state index contributed by atoms with van der Waals surface area (Å²) in [6.45, 7) is 2.04. The molecule has 3 rings (SSSR count). The molecule has 1 unspecified atom stereocenters. The lowest BCUT2D eigenvalue weighted by Crippen LogP contribution is -2.05. The van der Waals surface area contributed by atoms with Crippen LogP contribution in [0.4, 0.5) is 0 Å². The second-order valence-corrected chi connectivity index (χ2v) is 5.89. The van der Waals surface area contributed by atoms with Gasteiger partial charge in [0.2, 0.25) is 0 Å². The van der Waals surface area contributed by atoms with Crippen LogP contribution < -0.4 is 4.74 Å². The zero-order valence-electron chi connectivity index (χ0n) is 11.6. The number of rotatable bonds is 3. The van der Waals surface area contributed by atoms with E-state index in [1.54, 1.807) is 11.8 Å². The van der Waals surface area contributed by atoms with E-state index in [2.05, 4.69) is 0 Å². The molecule has 0 aromatic heterocycles. The van der Waals surface area contributed by atoms with Gasteiger partial charge in [0, 0.05) is 22.4 Å². The molecule has 0 saturated heterocycles. The second-order valence-electron chi connectivity index (χ2n) is 5.01. The quantitative estimate of drug-likeness (QED) is 0.630. The predicted octanol–water partition coefficient (Wildman–Crippen LogP) is 3.96. The second kappa shape index (κ2) is 5.33. The van der Waals surface area contributed by atoms with Crippen LogP contribution in [0.1, 0.15) is 28.4 Å². The van der Waals surface area contributed by atoms with Gasteiger partial charge in [-0.2, -0.15) is 0 Å². The molecule has 0 spiro atoms. The van der Waals surface area contributed by atoms with Crippen LogP contribution in [-0.2, 0) is 6.42 Å². The topological polar surface area (TPSA) is 26.3 Å². The maximum Gasteiger partial charge on any atom is 0.193 e. The molecule has 3 heteroatoms. The molecular weight excluding hydrogens is 268 g/mol. The fraction of sp³-hybridized carbons (Fsp3) is 0.235. The number of benzene rings is 2. The smallest absolute Gasteiger partial charge is 0.193 e. The van der Waals surface area contributed by atoms with Gasteiger partial charge in [-0.15, -0.1) is 11.8 Å². The van der Waals surface area contributed by atoms with Crippen molar-refractivity contribution >= 4 is 17.5 Å². The van der Waals surface area contributed by atoms with Gasteiger partial charge in [-0.25, -0.2) is 0 Å². The Morgan fingerprint density at radius 2 is 1.85 bits per heavy atom. The van der Waals surface area contributed by atoms with Gasteiger partial charge in [0.1, 0.15) is 11.9 Å². The Hall–Kier alpha value is -1.74. The van der Waals surface area contributed by atoms with E-state index in [9.17, 15) is 4.79 Å². The summed E-state index contributed by atoms with van der Waals surface area (Å²) in [5.41, 5.74) is 2.59. The molecule has 2 nitrogen and oxygen atoms in total. The zero-order chi connectivity index (χ0) is 14.1. The van der Waals surface area contributed by atoms with E-state index >= 15 is 0 Å². The molecule has 1 atom stereocenters. The molecule has 20 heavy (non-hydrogen) atoms. The number of carbonyl (C=O) groups is 1. The third-order valence-electron chi connectivity index (χ3n) is 3.51. The molecule has 0 amide bonds. The highest BCUT2D eigenvalue weighted by Gasteiger charge is 2.20. The summed E-state index contributed by atoms with van der Waals surface area (Å²) in [5, 5.41) is 0. The highest BCUT2D eigenvalue weighted by atomic mass is 32.2. The monoisotopic (exact) mass is 284 g/mol. The Kier molecular flexibility index (Phi) is 3.53. The summed E-state index contributed by atoms with van der Waals surface area (Å²) in [5.74, 6) is 0.979. The van der Waals surface area contributed by atoms with Crippen molar-refractivity contribution < 1.29 is 9.53 Å². The van der Waals surface area contributed by atoms with Crippen molar-refractivity contribution in [3.8, 4) is 5.75 Å². The maximum absolute atomic E-state index is 12.5. The molecule has 1 aliphatic heterocycles. The summed E-state index contributed by atoms with van der Waals surface area (Å²) in [6.07, 6.45) is 3.11. The Bertz CT molecular complexity index is 647. The summed E-state index contributed by atoms with van der Waals surface area (Å²) < 4.78 is 5.66. The highest BCUT2D eigenvalue weighted by molar-refractivity contribution is 7.98. The van der Waals surface area contributed by atoms with Gasteiger partial charge in [0.25, 0.3) is 0 Å². The normalized spacial score (nSPS) is 16.6. The van der Waals surface area contributed by atoms with Crippen LogP contribution in [0.25, 0.3) is 0 Å². The number of fused-ring (bicyclic) bond motifs is 1. The van der Waals surface area contributed by atoms with Gasteiger partial charge in [0.05, 0.1) is 0 Å². The van der Waals surface area contributed by atoms with E-state index in [1.165, 1.54) is 0 Å². The average molecular weight is 284 g/mol. The van der Waals surface area contributed by atoms with Crippen molar-refractivity contribution in [3.63, 3.8) is 0 Å². The minimum Gasteiger partial charge on any atom is -0.490 e. The van der Waals surface area contributed by atoms with E-state index in [1.807, 2.05) is 55.6 Å².